The van der Waals surface area contributed by atoms with E-state index in [1.165, 1.54) is 12.1 Å². The van der Waals surface area contributed by atoms with Crippen LogP contribution >= 0.6 is 0 Å². The number of phenols is 1. The van der Waals surface area contributed by atoms with Crippen LogP contribution in [0.15, 0.2) is 23.2 Å². The molecule has 1 aliphatic heterocycles. The first-order chi connectivity index (χ1) is 6.75. The zero-order valence-corrected chi connectivity index (χ0v) is 7.63. The van der Waals surface area contributed by atoms with Crippen molar-refractivity contribution >= 4 is 5.84 Å². The molecule has 1 aromatic carbocycles. The van der Waals surface area contributed by atoms with E-state index in [9.17, 15) is 9.50 Å². The number of aliphatic imine (C=N–C) groups is 1. The predicted octanol–water partition coefficient (Wildman–Crippen LogP) is 1.27. The van der Waals surface area contributed by atoms with Crippen molar-refractivity contribution in [2.24, 2.45) is 4.99 Å². The Bertz CT molecular complexity index is 356. The molecule has 0 amide bonds. The molecular weight excluding hydrogens is 183 g/mol. The van der Waals surface area contributed by atoms with Crippen LogP contribution in [-0.4, -0.2) is 24.0 Å². The normalized spacial score (nSPS) is 15.9. The van der Waals surface area contributed by atoms with Crippen molar-refractivity contribution in [1.29, 1.82) is 0 Å². The Balaban J connectivity index is 2.35. The van der Waals surface area contributed by atoms with Crippen LogP contribution in [-0.2, 0) is 0 Å². The minimum Gasteiger partial charge on any atom is -0.508 e. The maximum atomic E-state index is 12.9. The molecular formula is C10H11FN2O. The van der Waals surface area contributed by atoms with Crippen molar-refractivity contribution < 1.29 is 9.50 Å². The number of hydrogen-bond acceptors (Lipinski definition) is 3. The van der Waals surface area contributed by atoms with Gasteiger partial charge in [-0.05, 0) is 18.6 Å². The van der Waals surface area contributed by atoms with E-state index in [0.717, 1.165) is 25.6 Å². The quantitative estimate of drug-likeness (QED) is 0.707. The van der Waals surface area contributed by atoms with Gasteiger partial charge in [0, 0.05) is 24.7 Å². The Kier molecular flexibility index (Phi) is 2.35. The van der Waals surface area contributed by atoms with Gasteiger partial charge in [0.15, 0.2) is 0 Å². The van der Waals surface area contributed by atoms with Crippen LogP contribution < -0.4 is 5.32 Å². The molecule has 74 valence electrons. The SMILES string of the molecule is Oc1cc(F)cc(C2=NCCCN2)c1. The number of rotatable bonds is 1. The number of benzene rings is 1. The molecule has 1 aromatic rings. The Morgan fingerprint density at radius 3 is 2.86 bits per heavy atom. The summed E-state index contributed by atoms with van der Waals surface area (Å²) in [5.41, 5.74) is 0.599. The lowest BCUT2D eigenvalue weighted by Crippen LogP contribution is -2.30. The van der Waals surface area contributed by atoms with Gasteiger partial charge in [0.2, 0.25) is 0 Å². The van der Waals surface area contributed by atoms with E-state index in [-0.39, 0.29) is 5.75 Å². The molecule has 14 heavy (non-hydrogen) atoms. The largest absolute Gasteiger partial charge is 0.508 e. The molecule has 0 fully saturated rings. The summed E-state index contributed by atoms with van der Waals surface area (Å²) >= 11 is 0. The zero-order valence-electron chi connectivity index (χ0n) is 7.63. The number of nitrogens with one attached hydrogen (secondary N) is 1. The summed E-state index contributed by atoms with van der Waals surface area (Å²) in [6.45, 7) is 1.59. The van der Waals surface area contributed by atoms with Gasteiger partial charge in [-0.2, -0.15) is 0 Å². The average molecular weight is 194 g/mol. The van der Waals surface area contributed by atoms with E-state index in [1.54, 1.807) is 0 Å². The summed E-state index contributed by atoms with van der Waals surface area (Å²) in [7, 11) is 0. The maximum Gasteiger partial charge on any atom is 0.128 e. The fourth-order valence-corrected chi connectivity index (χ4v) is 1.44. The highest BCUT2D eigenvalue weighted by Crippen LogP contribution is 2.15. The van der Waals surface area contributed by atoms with Crippen LogP contribution in [0.5, 0.6) is 5.75 Å². The molecule has 0 aromatic heterocycles. The van der Waals surface area contributed by atoms with Crippen LogP contribution in [0.3, 0.4) is 0 Å². The fraction of sp³-hybridized carbons (Fsp3) is 0.300. The molecule has 0 saturated carbocycles. The number of halogens is 1. The van der Waals surface area contributed by atoms with Gasteiger partial charge >= 0.3 is 0 Å². The smallest absolute Gasteiger partial charge is 0.128 e. The number of phenolic OH excluding ortho intramolecular Hbond substituents is 1. The van der Waals surface area contributed by atoms with Crippen molar-refractivity contribution in [2.75, 3.05) is 13.1 Å². The molecule has 0 spiro atoms. The van der Waals surface area contributed by atoms with E-state index >= 15 is 0 Å². The molecule has 0 saturated heterocycles. The van der Waals surface area contributed by atoms with Crippen LogP contribution in [0.1, 0.15) is 12.0 Å². The molecule has 1 aliphatic rings. The lowest BCUT2D eigenvalue weighted by molar-refractivity contribution is 0.469. The molecule has 0 unspecified atom stereocenters. The molecule has 0 atom stereocenters. The summed E-state index contributed by atoms with van der Waals surface area (Å²) in [6, 6.07) is 3.93. The van der Waals surface area contributed by atoms with E-state index in [0.29, 0.717) is 11.4 Å². The van der Waals surface area contributed by atoms with Gasteiger partial charge in [-0.3, -0.25) is 4.99 Å². The van der Waals surface area contributed by atoms with Crippen molar-refractivity contribution in [3.05, 3.63) is 29.6 Å². The van der Waals surface area contributed by atoms with Gasteiger partial charge in [0.1, 0.15) is 17.4 Å². The van der Waals surface area contributed by atoms with E-state index < -0.39 is 5.82 Å². The van der Waals surface area contributed by atoms with Crippen LogP contribution in [0.2, 0.25) is 0 Å². The van der Waals surface area contributed by atoms with Crippen LogP contribution in [0.25, 0.3) is 0 Å². The highest BCUT2D eigenvalue weighted by molar-refractivity contribution is 5.99. The number of hydrogen-bond donors (Lipinski definition) is 2. The lowest BCUT2D eigenvalue weighted by Gasteiger charge is -2.14. The predicted molar refractivity (Wildman–Crippen MR) is 52.1 cm³/mol. The Morgan fingerprint density at radius 1 is 1.36 bits per heavy atom. The van der Waals surface area contributed by atoms with E-state index in [4.69, 9.17) is 0 Å². The van der Waals surface area contributed by atoms with Crippen LogP contribution in [0.4, 0.5) is 4.39 Å². The molecule has 1 heterocycles. The molecule has 3 nitrogen and oxygen atoms in total. The number of nitrogens with zero attached hydrogens (tertiary/aromatic N) is 1. The second-order valence-corrected chi connectivity index (χ2v) is 3.21. The summed E-state index contributed by atoms with van der Waals surface area (Å²) in [6.07, 6.45) is 0.991. The van der Waals surface area contributed by atoms with Gasteiger partial charge in [-0.25, -0.2) is 4.39 Å². The molecule has 2 rings (SSSR count). The summed E-state index contributed by atoms with van der Waals surface area (Å²) in [5.74, 6) is 0.135. The molecule has 0 aliphatic carbocycles. The Hall–Kier alpha value is -1.58. The van der Waals surface area contributed by atoms with Gasteiger partial charge in [-0.15, -0.1) is 0 Å². The first kappa shape index (κ1) is 8.99. The van der Waals surface area contributed by atoms with Crippen molar-refractivity contribution in [3.8, 4) is 5.75 Å². The van der Waals surface area contributed by atoms with Crippen molar-refractivity contribution in [1.82, 2.24) is 5.32 Å². The van der Waals surface area contributed by atoms with Crippen LogP contribution in [0, 0.1) is 5.82 Å². The Labute approximate surface area is 81.3 Å². The second-order valence-electron chi connectivity index (χ2n) is 3.21. The summed E-state index contributed by atoms with van der Waals surface area (Å²) < 4.78 is 12.9. The second kappa shape index (κ2) is 3.65. The topological polar surface area (TPSA) is 44.6 Å². The van der Waals surface area contributed by atoms with Gasteiger partial charge in [0.25, 0.3) is 0 Å². The first-order valence-corrected chi connectivity index (χ1v) is 4.54. The maximum absolute atomic E-state index is 12.9. The third-order valence-electron chi connectivity index (χ3n) is 2.05. The third kappa shape index (κ3) is 1.84. The molecule has 2 N–H and O–H groups in total. The first-order valence-electron chi connectivity index (χ1n) is 4.54. The van der Waals surface area contributed by atoms with E-state index in [2.05, 4.69) is 10.3 Å². The van der Waals surface area contributed by atoms with Gasteiger partial charge < -0.3 is 10.4 Å². The van der Waals surface area contributed by atoms with Crippen molar-refractivity contribution in [3.63, 3.8) is 0 Å². The van der Waals surface area contributed by atoms with Gasteiger partial charge in [-0.1, -0.05) is 0 Å². The summed E-state index contributed by atoms with van der Waals surface area (Å²) in [4.78, 5) is 4.21. The highest BCUT2D eigenvalue weighted by Gasteiger charge is 2.08. The number of aromatic hydroxyl groups is 1. The number of amidine groups is 1. The monoisotopic (exact) mass is 194 g/mol. The molecule has 0 bridgehead atoms. The fourth-order valence-electron chi connectivity index (χ4n) is 1.44. The van der Waals surface area contributed by atoms with E-state index in [1.807, 2.05) is 0 Å². The average Bonchev–Trinajstić information content (AvgIpc) is 2.18. The standard InChI is InChI=1S/C10H11FN2O/c11-8-4-7(5-9(14)6-8)10-12-2-1-3-13-10/h4-6,14H,1-3H2,(H,12,13). The van der Waals surface area contributed by atoms with Crippen molar-refractivity contribution in [2.45, 2.75) is 6.42 Å². The minimum absolute atomic E-state index is 0.0740. The minimum atomic E-state index is -0.449. The molecule has 4 heteroatoms. The molecule has 0 radical (unpaired) electrons. The lowest BCUT2D eigenvalue weighted by atomic mass is 10.1. The zero-order chi connectivity index (χ0) is 9.97. The third-order valence-corrected chi connectivity index (χ3v) is 2.05. The summed E-state index contributed by atoms with van der Waals surface area (Å²) in [5, 5.41) is 12.3. The van der Waals surface area contributed by atoms with Gasteiger partial charge in [0.05, 0.1) is 0 Å². The Morgan fingerprint density at radius 2 is 2.21 bits per heavy atom. The highest BCUT2D eigenvalue weighted by atomic mass is 19.1.